The summed E-state index contributed by atoms with van der Waals surface area (Å²) in [7, 11) is 0. The molecule has 26 heavy (non-hydrogen) atoms. The molecule has 1 heterocycles. The molecule has 10 heteroatoms. The smallest absolute Gasteiger partial charge is 0.311 e. The monoisotopic (exact) mass is 402 g/mol. The standard InChI is InChI=1S/C16H20F6N2OS/c1-2-26-12-7-9(15(17,18)19)3-5-11(12)14(25)24-13-6-4-10(8-23-13)16(20,21)22/h4,6,9-12H,2-3,5,7-8H2,1H3,(H,23,24,25). The van der Waals surface area contributed by atoms with Crippen molar-refractivity contribution in [1.29, 1.82) is 0 Å². The molecule has 1 aliphatic heterocycles. The molecular weight excluding hydrogens is 382 g/mol. The number of nitrogens with one attached hydrogen (secondary N) is 1. The van der Waals surface area contributed by atoms with Gasteiger partial charge in [-0.1, -0.05) is 13.0 Å². The quantitative estimate of drug-likeness (QED) is 0.714. The Morgan fingerprint density at radius 3 is 2.42 bits per heavy atom. The molecular formula is C16H20F6N2OS. The number of amidine groups is 1. The number of thioether (sulfide) groups is 1. The molecule has 0 bridgehead atoms. The Kier molecular flexibility index (Phi) is 6.68. The molecule has 2 aliphatic rings. The van der Waals surface area contributed by atoms with E-state index in [0.29, 0.717) is 5.75 Å². The minimum Gasteiger partial charge on any atom is -0.311 e. The van der Waals surface area contributed by atoms with E-state index in [0.717, 1.165) is 12.2 Å². The van der Waals surface area contributed by atoms with Gasteiger partial charge in [0.2, 0.25) is 5.91 Å². The first-order valence-electron chi connectivity index (χ1n) is 8.31. The third kappa shape index (κ3) is 5.40. The number of aliphatic imine (C=N–C) groups is 1. The molecule has 4 atom stereocenters. The molecule has 1 amide bonds. The van der Waals surface area contributed by atoms with Gasteiger partial charge in [-0.3, -0.25) is 9.79 Å². The van der Waals surface area contributed by atoms with Crippen molar-refractivity contribution >= 4 is 23.5 Å². The van der Waals surface area contributed by atoms with E-state index in [1.807, 2.05) is 6.92 Å². The summed E-state index contributed by atoms with van der Waals surface area (Å²) in [5, 5.41) is 1.99. The first-order valence-corrected chi connectivity index (χ1v) is 9.35. The Hall–Kier alpha value is -1.19. The highest BCUT2D eigenvalue weighted by Crippen LogP contribution is 2.43. The van der Waals surface area contributed by atoms with Gasteiger partial charge in [0.1, 0.15) is 5.84 Å². The fourth-order valence-corrected chi connectivity index (χ4v) is 4.44. The summed E-state index contributed by atoms with van der Waals surface area (Å²) in [6, 6.07) is 0. The van der Waals surface area contributed by atoms with Crippen molar-refractivity contribution in [2.45, 2.75) is 43.8 Å². The topological polar surface area (TPSA) is 41.5 Å². The Morgan fingerprint density at radius 2 is 1.92 bits per heavy atom. The zero-order valence-corrected chi connectivity index (χ0v) is 14.8. The highest BCUT2D eigenvalue weighted by Gasteiger charge is 2.46. The van der Waals surface area contributed by atoms with E-state index < -0.39 is 47.8 Å². The van der Waals surface area contributed by atoms with Crippen LogP contribution < -0.4 is 5.32 Å². The van der Waals surface area contributed by atoms with E-state index in [-0.39, 0.29) is 25.1 Å². The number of hydrogen-bond donors (Lipinski definition) is 1. The van der Waals surface area contributed by atoms with Crippen molar-refractivity contribution < 1.29 is 31.1 Å². The number of carbonyl (C=O) groups is 1. The largest absolute Gasteiger partial charge is 0.396 e. The van der Waals surface area contributed by atoms with Crippen molar-refractivity contribution in [3.63, 3.8) is 0 Å². The van der Waals surface area contributed by atoms with E-state index in [4.69, 9.17) is 0 Å². The SMILES string of the molecule is CCSC1CC(C(F)(F)F)CCC1C(=O)NC1=NCC(C(F)(F)F)C=C1. The summed E-state index contributed by atoms with van der Waals surface area (Å²) < 4.78 is 76.6. The van der Waals surface area contributed by atoms with Crippen molar-refractivity contribution in [2.24, 2.45) is 22.7 Å². The van der Waals surface area contributed by atoms with Gasteiger partial charge in [-0.15, -0.1) is 0 Å². The van der Waals surface area contributed by atoms with Crippen molar-refractivity contribution in [3.8, 4) is 0 Å². The average molecular weight is 402 g/mol. The zero-order valence-electron chi connectivity index (χ0n) is 14.0. The lowest BCUT2D eigenvalue weighted by atomic mass is 9.80. The van der Waals surface area contributed by atoms with Crippen LogP contribution in [0.4, 0.5) is 26.3 Å². The third-order valence-corrected chi connectivity index (χ3v) is 5.87. The summed E-state index contributed by atoms with van der Waals surface area (Å²) in [6.07, 6.45) is -6.80. The summed E-state index contributed by atoms with van der Waals surface area (Å²) >= 11 is 1.31. The minimum atomic E-state index is -4.39. The number of hydrogen-bond acceptors (Lipinski definition) is 3. The van der Waals surface area contributed by atoms with E-state index in [2.05, 4.69) is 10.3 Å². The average Bonchev–Trinajstić information content (AvgIpc) is 2.54. The lowest BCUT2D eigenvalue weighted by Gasteiger charge is -2.35. The molecule has 0 saturated heterocycles. The third-order valence-electron chi connectivity index (χ3n) is 4.59. The van der Waals surface area contributed by atoms with Crippen LogP contribution in [0.3, 0.4) is 0 Å². The second kappa shape index (κ2) is 8.22. The van der Waals surface area contributed by atoms with Gasteiger partial charge in [-0.05, 0) is 31.1 Å². The molecule has 1 fully saturated rings. The normalized spacial score (nSPS) is 30.0. The number of alkyl halides is 6. The summed E-state index contributed by atoms with van der Waals surface area (Å²) in [6.45, 7) is 1.30. The molecule has 1 N–H and O–H groups in total. The van der Waals surface area contributed by atoms with Gasteiger partial charge < -0.3 is 5.32 Å². The van der Waals surface area contributed by atoms with Gasteiger partial charge in [-0.2, -0.15) is 38.1 Å². The zero-order chi connectivity index (χ0) is 19.5. The Labute approximate surface area is 151 Å². The van der Waals surface area contributed by atoms with Crippen LogP contribution in [0.5, 0.6) is 0 Å². The van der Waals surface area contributed by atoms with Crippen LogP contribution in [0.1, 0.15) is 26.2 Å². The van der Waals surface area contributed by atoms with Crippen molar-refractivity contribution in [3.05, 3.63) is 12.2 Å². The Balaban J connectivity index is 1.98. The lowest BCUT2D eigenvalue weighted by molar-refractivity contribution is -0.184. The maximum Gasteiger partial charge on any atom is 0.396 e. The minimum absolute atomic E-state index is 0.0219. The summed E-state index contributed by atoms with van der Waals surface area (Å²) in [5.41, 5.74) is 0. The summed E-state index contributed by atoms with van der Waals surface area (Å²) in [4.78, 5) is 16.2. The van der Waals surface area contributed by atoms with Gasteiger partial charge in [0.25, 0.3) is 0 Å². The molecule has 1 aliphatic carbocycles. The van der Waals surface area contributed by atoms with Crippen molar-refractivity contribution in [1.82, 2.24) is 5.32 Å². The molecule has 4 unspecified atom stereocenters. The van der Waals surface area contributed by atoms with E-state index in [1.54, 1.807) is 0 Å². The van der Waals surface area contributed by atoms with Gasteiger partial charge in [0, 0.05) is 5.25 Å². The van der Waals surface area contributed by atoms with Gasteiger partial charge in [0.15, 0.2) is 0 Å². The van der Waals surface area contributed by atoms with E-state index in [1.165, 1.54) is 11.8 Å². The number of rotatable bonds is 3. The predicted octanol–water partition coefficient (Wildman–Crippen LogP) is 4.35. The number of dihydropyridines is 1. The molecule has 0 aromatic carbocycles. The van der Waals surface area contributed by atoms with Gasteiger partial charge in [-0.25, -0.2) is 0 Å². The van der Waals surface area contributed by atoms with Crippen LogP contribution in [0.25, 0.3) is 0 Å². The second-order valence-corrected chi connectivity index (χ2v) is 7.89. The Bertz CT molecular complexity index is 572. The van der Waals surface area contributed by atoms with Crippen LogP contribution in [0.15, 0.2) is 17.1 Å². The fraction of sp³-hybridized carbons (Fsp3) is 0.750. The fourth-order valence-electron chi connectivity index (χ4n) is 3.15. The number of nitrogens with zero attached hydrogens (tertiary/aromatic N) is 1. The van der Waals surface area contributed by atoms with Gasteiger partial charge >= 0.3 is 12.4 Å². The molecule has 0 aromatic heterocycles. The first-order chi connectivity index (χ1) is 12.0. The highest BCUT2D eigenvalue weighted by atomic mass is 32.2. The molecule has 0 aromatic rings. The molecule has 148 valence electrons. The van der Waals surface area contributed by atoms with Crippen LogP contribution in [-0.4, -0.2) is 41.6 Å². The number of halogens is 6. The maximum absolute atomic E-state index is 13.0. The van der Waals surface area contributed by atoms with Crippen LogP contribution in [0, 0.1) is 17.8 Å². The molecule has 2 rings (SSSR count). The van der Waals surface area contributed by atoms with Crippen LogP contribution in [-0.2, 0) is 4.79 Å². The van der Waals surface area contributed by atoms with E-state index in [9.17, 15) is 31.1 Å². The van der Waals surface area contributed by atoms with Gasteiger partial charge in [0.05, 0.1) is 24.3 Å². The number of carbonyl (C=O) groups excluding carboxylic acids is 1. The van der Waals surface area contributed by atoms with Crippen molar-refractivity contribution in [2.75, 3.05) is 12.3 Å². The molecule has 0 radical (unpaired) electrons. The maximum atomic E-state index is 13.0. The van der Waals surface area contributed by atoms with Crippen LogP contribution in [0.2, 0.25) is 0 Å². The molecule has 0 spiro atoms. The Morgan fingerprint density at radius 1 is 1.23 bits per heavy atom. The molecule has 1 saturated carbocycles. The number of amides is 1. The van der Waals surface area contributed by atoms with E-state index >= 15 is 0 Å². The predicted molar refractivity (Wildman–Crippen MR) is 87.9 cm³/mol. The first kappa shape index (κ1) is 21.1. The second-order valence-electron chi connectivity index (χ2n) is 6.37. The lowest BCUT2D eigenvalue weighted by Crippen LogP contribution is -2.44. The highest BCUT2D eigenvalue weighted by molar-refractivity contribution is 7.99. The molecule has 3 nitrogen and oxygen atoms in total. The summed E-state index contributed by atoms with van der Waals surface area (Å²) in [5.74, 6) is -3.61. The van der Waals surface area contributed by atoms with Crippen LogP contribution >= 0.6 is 11.8 Å².